The lowest BCUT2D eigenvalue weighted by Crippen LogP contribution is -2.09. The van der Waals surface area contributed by atoms with Gasteiger partial charge in [-0.1, -0.05) is 18.2 Å². The standard InChI is InChI=1S/C9H11N3/c1-12(7-10)8-11-9-5-3-2-4-6-9/h2-8,10H,1H3/p+1. The molecule has 0 saturated carbocycles. The molecule has 0 aliphatic carbocycles. The Hall–Kier alpha value is -1.64. The summed E-state index contributed by atoms with van der Waals surface area (Å²) in [4.78, 5) is 4.17. The summed E-state index contributed by atoms with van der Waals surface area (Å²) in [7, 11) is 1.83. The van der Waals surface area contributed by atoms with Crippen molar-refractivity contribution in [1.82, 2.24) is 0 Å². The van der Waals surface area contributed by atoms with E-state index in [-0.39, 0.29) is 0 Å². The Morgan fingerprint density at radius 3 is 2.58 bits per heavy atom. The van der Waals surface area contributed by atoms with Gasteiger partial charge >= 0.3 is 0 Å². The molecule has 1 aromatic carbocycles. The van der Waals surface area contributed by atoms with Crippen LogP contribution in [0.3, 0.4) is 0 Å². The molecule has 0 fully saturated rings. The Bertz CT molecular complexity index is 288. The van der Waals surface area contributed by atoms with Gasteiger partial charge in [0.05, 0.1) is 7.05 Å². The summed E-state index contributed by atoms with van der Waals surface area (Å²) in [5.41, 5.74) is 6.17. The number of para-hydroxylation sites is 1. The third-order valence-corrected chi connectivity index (χ3v) is 1.38. The first-order chi connectivity index (χ1) is 5.83. The quantitative estimate of drug-likeness (QED) is 0.393. The summed E-state index contributed by atoms with van der Waals surface area (Å²) in [6.07, 6.45) is 3.11. The fourth-order valence-electron chi connectivity index (χ4n) is 0.710. The normalized spacial score (nSPS) is 12.2. The van der Waals surface area contributed by atoms with E-state index < -0.39 is 0 Å². The van der Waals surface area contributed by atoms with Crippen LogP contribution in [0.25, 0.3) is 0 Å². The van der Waals surface area contributed by atoms with Crippen LogP contribution in [0.4, 0.5) is 5.69 Å². The van der Waals surface area contributed by atoms with E-state index in [9.17, 15) is 0 Å². The van der Waals surface area contributed by atoms with Crippen molar-refractivity contribution in [3.8, 4) is 0 Å². The van der Waals surface area contributed by atoms with Gasteiger partial charge < -0.3 is 5.73 Å². The van der Waals surface area contributed by atoms with Crippen LogP contribution in [-0.4, -0.2) is 24.3 Å². The zero-order valence-corrected chi connectivity index (χ0v) is 7.01. The number of aliphatic imine (C=N–C) groups is 1. The first-order valence-electron chi connectivity index (χ1n) is 3.69. The lowest BCUT2D eigenvalue weighted by Gasteiger charge is -1.87. The molecule has 0 radical (unpaired) electrons. The minimum absolute atomic E-state index is 0.922. The molecule has 1 rings (SSSR count). The molecule has 0 spiro atoms. The maximum atomic E-state index is 5.25. The van der Waals surface area contributed by atoms with Crippen LogP contribution < -0.4 is 5.73 Å². The van der Waals surface area contributed by atoms with Crippen LogP contribution >= 0.6 is 0 Å². The van der Waals surface area contributed by atoms with E-state index in [2.05, 4.69) is 4.99 Å². The van der Waals surface area contributed by atoms with Gasteiger partial charge in [0.2, 0.25) is 6.34 Å². The Morgan fingerprint density at radius 2 is 2.00 bits per heavy atom. The molecule has 1 aromatic rings. The maximum Gasteiger partial charge on any atom is 0.225 e. The van der Waals surface area contributed by atoms with Crippen molar-refractivity contribution in [2.24, 2.45) is 10.7 Å². The zero-order valence-electron chi connectivity index (χ0n) is 7.01. The second-order valence-electron chi connectivity index (χ2n) is 2.39. The zero-order chi connectivity index (χ0) is 8.81. The second-order valence-corrected chi connectivity index (χ2v) is 2.39. The van der Waals surface area contributed by atoms with Crippen LogP contribution in [0.5, 0.6) is 0 Å². The molecule has 62 valence electrons. The van der Waals surface area contributed by atoms with E-state index in [1.807, 2.05) is 37.4 Å². The Morgan fingerprint density at radius 1 is 1.33 bits per heavy atom. The monoisotopic (exact) mass is 162 g/mol. The van der Waals surface area contributed by atoms with Crippen molar-refractivity contribution < 1.29 is 4.58 Å². The van der Waals surface area contributed by atoms with Crippen molar-refractivity contribution in [2.75, 3.05) is 7.05 Å². The van der Waals surface area contributed by atoms with E-state index >= 15 is 0 Å². The number of nitrogens with two attached hydrogens (primary N) is 1. The lowest BCUT2D eigenvalue weighted by molar-refractivity contribution is -0.355. The van der Waals surface area contributed by atoms with Crippen LogP contribution in [0.2, 0.25) is 0 Å². The van der Waals surface area contributed by atoms with Gasteiger partial charge in [0.1, 0.15) is 5.69 Å². The molecule has 12 heavy (non-hydrogen) atoms. The van der Waals surface area contributed by atoms with E-state index in [0.29, 0.717) is 0 Å². The molecule has 0 bridgehead atoms. The van der Waals surface area contributed by atoms with Crippen molar-refractivity contribution in [1.29, 1.82) is 0 Å². The number of rotatable bonds is 2. The average Bonchev–Trinajstić information content (AvgIpc) is 2.16. The van der Waals surface area contributed by atoms with Gasteiger partial charge in [-0.15, -0.1) is 4.99 Å². The summed E-state index contributed by atoms with van der Waals surface area (Å²) in [6, 6.07) is 9.71. The second kappa shape index (κ2) is 4.28. The minimum Gasteiger partial charge on any atom is -0.325 e. The molecule has 3 nitrogen and oxygen atoms in total. The molecule has 0 saturated heterocycles. The third-order valence-electron chi connectivity index (χ3n) is 1.38. The summed E-state index contributed by atoms with van der Waals surface area (Å²) in [5, 5.41) is 0. The van der Waals surface area contributed by atoms with Gasteiger partial charge in [-0.3, -0.25) is 0 Å². The van der Waals surface area contributed by atoms with Crippen LogP contribution in [0.15, 0.2) is 35.3 Å². The van der Waals surface area contributed by atoms with Crippen LogP contribution in [0.1, 0.15) is 0 Å². The number of nitrogens with zero attached hydrogens (tertiary/aromatic N) is 2. The molecule has 0 aromatic heterocycles. The highest BCUT2D eigenvalue weighted by atomic mass is 15.0. The molecule has 3 heteroatoms. The first kappa shape index (κ1) is 8.46. The first-order valence-corrected chi connectivity index (χ1v) is 3.69. The van der Waals surface area contributed by atoms with Crippen molar-refractivity contribution in [3.63, 3.8) is 0 Å². The SMILES string of the molecule is C[N+](C=Nc1ccccc1)=CN. The van der Waals surface area contributed by atoms with Gasteiger partial charge in [-0.25, -0.2) is 4.58 Å². The molecule has 0 aliphatic rings. The minimum atomic E-state index is 0.922. The van der Waals surface area contributed by atoms with Crippen molar-refractivity contribution in [2.45, 2.75) is 0 Å². The number of benzene rings is 1. The molecule has 0 heterocycles. The largest absolute Gasteiger partial charge is 0.325 e. The van der Waals surface area contributed by atoms with Crippen molar-refractivity contribution >= 4 is 18.4 Å². The maximum absolute atomic E-state index is 5.25. The van der Waals surface area contributed by atoms with Gasteiger partial charge in [0.15, 0.2) is 6.34 Å². The van der Waals surface area contributed by atoms with Gasteiger partial charge in [-0.2, -0.15) is 0 Å². The van der Waals surface area contributed by atoms with E-state index in [4.69, 9.17) is 5.73 Å². The Balaban J connectivity index is 2.70. The fraction of sp³-hybridized carbons (Fsp3) is 0.111. The third kappa shape index (κ3) is 2.54. The highest BCUT2D eigenvalue weighted by Crippen LogP contribution is 2.07. The van der Waals surface area contributed by atoms with Gasteiger partial charge in [-0.05, 0) is 12.1 Å². The Kier molecular flexibility index (Phi) is 3.02. The predicted molar refractivity (Wildman–Crippen MR) is 51.0 cm³/mol. The molecule has 0 atom stereocenters. The topological polar surface area (TPSA) is 41.4 Å². The highest BCUT2D eigenvalue weighted by Gasteiger charge is 1.88. The van der Waals surface area contributed by atoms with E-state index in [1.54, 1.807) is 10.9 Å². The summed E-state index contributed by atoms with van der Waals surface area (Å²) < 4.78 is 1.69. The number of hydrogen-bond acceptors (Lipinski definition) is 1. The van der Waals surface area contributed by atoms with Crippen LogP contribution in [-0.2, 0) is 0 Å². The summed E-state index contributed by atoms with van der Waals surface area (Å²) in [5.74, 6) is 0. The number of hydrogen-bond donors (Lipinski definition) is 1. The highest BCUT2D eigenvalue weighted by molar-refractivity contribution is 5.59. The molecule has 0 aliphatic heterocycles. The average molecular weight is 162 g/mol. The summed E-state index contributed by atoms with van der Waals surface area (Å²) in [6.45, 7) is 0. The predicted octanol–water partition coefficient (Wildman–Crippen LogP) is 0.976. The lowest BCUT2D eigenvalue weighted by atomic mass is 10.3. The summed E-state index contributed by atoms with van der Waals surface area (Å²) >= 11 is 0. The molecule has 2 N–H and O–H groups in total. The van der Waals surface area contributed by atoms with E-state index in [1.165, 1.54) is 6.34 Å². The molecular weight excluding hydrogens is 150 g/mol. The van der Waals surface area contributed by atoms with Crippen molar-refractivity contribution in [3.05, 3.63) is 30.3 Å². The van der Waals surface area contributed by atoms with Crippen LogP contribution in [0, 0.1) is 0 Å². The molecule has 0 unspecified atom stereocenters. The Labute approximate surface area is 71.9 Å². The van der Waals surface area contributed by atoms with Gasteiger partial charge in [0, 0.05) is 0 Å². The molecular formula is C9H12N3+. The molecule has 0 amide bonds. The smallest absolute Gasteiger partial charge is 0.225 e. The fourth-order valence-corrected chi connectivity index (χ4v) is 0.710. The van der Waals surface area contributed by atoms with Gasteiger partial charge in [0.25, 0.3) is 0 Å². The van der Waals surface area contributed by atoms with E-state index in [0.717, 1.165) is 5.69 Å².